The van der Waals surface area contributed by atoms with Crippen molar-refractivity contribution in [3.63, 3.8) is 0 Å². The molecule has 1 N–H and O–H groups in total. The second-order valence-electron chi connectivity index (χ2n) is 11.3. The normalized spacial score (nSPS) is 18.9. The highest BCUT2D eigenvalue weighted by Gasteiger charge is 2.26. The molecule has 4 aromatic rings. The van der Waals surface area contributed by atoms with E-state index in [9.17, 15) is 15.2 Å². The number of imidazole rings is 1. The highest BCUT2D eigenvalue weighted by Crippen LogP contribution is 2.34. The third-order valence-electron chi connectivity index (χ3n) is 8.64. The van der Waals surface area contributed by atoms with E-state index in [4.69, 9.17) is 14.7 Å². The summed E-state index contributed by atoms with van der Waals surface area (Å²) in [6.07, 6.45) is 3.16. The van der Waals surface area contributed by atoms with Crippen molar-refractivity contribution in [2.24, 2.45) is 0 Å². The van der Waals surface area contributed by atoms with Crippen LogP contribution in [-0.2, 0) is 24.2 Å². The van der Waals surface area contributed by atoms with Gasteiger partial charge in [0.05, 0.1) is 47.4 Å². The van der Waals surface area contributed by atoms with E-state index in [1.807, 2.05) is 18.2 Å². The number of hydrogen-bond donors (Lipinski definition) is 1. The van der Waals surface area contributed by atoms with Crippen LogP contribution in [0.2, 0.25) is 0 Å². The summed E-state index contributed by atoms with van der Waals surface area (Å²) in [7, 11) is 0. The lowest BCUT2D eigenvalue weighted by Gasteiger charge is -2.36. The predicted octanol–water partition coefficient (Wildman–Crippen LogP) is 4.20. The quantitative estimate of drug-likeness (QED) is 0.354. The number of benzene rings is 2. The van der Waals surface area contributed by atoms with Gasteiger partial charge in [-0.15, -0.1) is 0 Å². The molecule has 1 atom stereocenters. The molecule has 2 fully saturated rings. The Morgan fingerprint density at radius 1 is 1.02 bits per heavy atom. The van der Waals surface area contributed by atoms with Crippen molar-refractivity contribution in [3.05, 3.63) is 77.1 Å². The molecule has 10 nitrogen and oxygen atoms in total. The van der Waals surface area contributed by atoms with E-state index in [1.165, 1.54) is 5.56 Å². The van der Waals surface area contributed by atoms with Gasteiger partial charge in [-0.1, -0.05) is 6.07 Å². The second kappa shape index (κ2) is 11.1. The number of aromatic carboxylic acids is 1. The van der Waals surface area contributed by atoms with Crippen LogP contribution in [0.15, 0.2) is 54.6 Å². The van der Waals surface area contributed by atoms with E-state index in [0.29, 0.717) is 18.7 Å². The molecule has 5 heterocycles. The largest absolute Gasteiger partial charge is 0.478 e. The molecular formula is C32H33N7O3. The summed E-state index contributed by atoms with van der Waals surface area (Å²) in [5.74, 6) is 1.93. The first-order valence-corrected chi connectivity index (χ1v) is 14.6. The number of pyridine rings is 1. The van der Waals surface area contributed by atoms with Gasteiger partial charge in [-0.25, -0.2) is 14.8 Å². The lowest BCUT2D eigenvalue weighted by Crippen LogP contribution is -2.46. The fraction of sp³-hybridized carbons (Fsp3) is 0.375. The molecule has 0 bridgehead atoms. The van der Waals surface area contributed by atoms with Gasteiger partial charge in [0.15, 0.2) is 0 Å². The fourth-order valence-electron chi connectivity index (χ4n) is 6.24. The molecule has 2 aromatic heterocycles. The zero-order valence-electron chi connectivity index (χ0n) is 23.4. The molecule has 0 aliphatic carbocycles. The van der Waals surface area contributed by atoms with Gasteiger partial charge in [0.2, 0.25) is 0 Å². The zero-order chi connectivity index (χ0) is 28.6. The second-order valence-corrected chi connectivity index (χ2v) is 11.3. The molecule has 0 amide bonds. The minimum atomic E-state index is -0.933. The molecule has 0 spiro atoms. The number of nitriles is 1. The molecule has 0 radical (unpaired) electrons. The van der Waals surface area contributed by atoms with Gasteiger partial charge in [0.25, 0.3) is 0 Å². The number of carbonyl (C=O) groups is 1. The Labute approximate surface area is 244 Å². The van der Waals surface area contributed by atoms with E-state index in [-0.39, 0.29) is 11.7 Å². The minimum Gasteiger partial charge on any atom is -0.478 e. The van der Waals surface area contributed by atoms with Crippen LogP contribution in [-0.4, -0.2) is 75.9 Å². The van der Waals surface area contributed by atoms with Gasteiger partial charge >= 0.3 is 5.97 Å². The monoisotopic (exact) mass is 563 g/mol. The van der Waals surface area contributed by atoms with Crippen LogP contribution in [0, 0.1) is 11.3 Å². The number of anilines is 3. The number of aromatic nitrogens is 3. The number of aryl methyl sites for hydroxylation is 1. The average molecular weight is 564 g/mol. The van der Waals surface area contributed by atoms with Crippen LogP contribution < -0.4 is 9.80 Å². The summed E-state index contributed by atoms with van der Waals surface area (Å²) in [4.78, 5) is 28.6. The van der Waals surface area contributed by atoms with Crippen molar-refractivity contribution in [1.29, 1.82) is 5.26 Å². The maximum atomic E-state index is 11.6. The summed E-state index contributed by atoms with van der Waals surface area (Å²) in [6.45, 7) is 6.52. The number of rotatable bonds is 7. The first kappa shape index (κ1) is 26.4. The smallest absolute Gasteiger partial charge is 0.335 e. The number of fused-ring (bicyclic) bond motifs is 2. The van der Waals surface area contributed by atoms with Crippen molar-refractivity contribution >= 4 is 34.3 Å². The van der Waals surface area contributed by atoms with Crippen molar-refractivity contribution in [2.75, 3.05) is 49.1 Å². The van der Waals surface area contributed by atoms with Crippen LogP contribution in [0.25, 0.3) is 11.0 Å². The van der Waals surface area contributed by atoms with Gasteiger partial charge in [0.1, 0.15) is 17.5 Å². The van der Waals surface area contributed by atoms with E-state index in [2.05, 4.69) is 43.5 Å². The van der Waals surface area contributed by atoms with Crippen molar-refractivity contribution in [1.82, 2.24) is 19.4 Å². The van der Waals surface area contributed by atoms with Crippen LogP contribution >= 0.6 is 0 Å². The Morgan fingerprint density at radius 3 is 2.62 bits per heavy atom. The molecule has 7 rings (SSSR count). The number of hydrogen-bond acceptors (Lipinski definition) is 8. The summed E-state index contributed by atoms with van der Waals surface area (Å²) >= 11 is 0. The summed E-state index contributed by atoms with van der Waals surface area (Å²) in [6, 6.07) is 19.6. The van der Waals surface area contributed by atoms with E-state index < -0.39 is 5.97 Å². The van der Waals surface area contributed by atoms with Gasteiger partial charge in [-0.2, -0.15) is 5.26 Å². The first-order valence-electron chi connectivity index (χ1n) is 14.6. The predicted molar refractivity (Wildman–Crippen MR) is 159 cm³/mol. The maximum absolute atomic E-state index is 11.6. The van der Waals surface area contributed by atoms with E-state index >= 15 is 0 Å². The lowest BCUT2D eigenvalue weighted by molar-refractivity contribution is -0.0592. The summed E-state index contributed by atoms with van der Waals surface area (Å²) in [5.41, 5.74) is 4.98. The lowest BCUT2D eigenvalue weighted by atomic mass is 9.99. The molecule has 42 heavy (non-hydrogen) atoms. The third kappa shape index (κ3) is 5.06. The van der Waals surface area contributed by atoms with E-state index in [1.54, 1.807) is 18.2 Å². The van der Waals surface area contributed by atoms with Crippen molar-refractivity contribution in [3.8, 4) is 6.07 Å². The molecule has 2 saturated heterocycles. The Morgan fingerprint density at radius 2 is 1.86 bits per heavy atom. The van der Waals surface area contributed by atoms with Crippen LogP contribution in [0.1, 0.15) is 40.2 Å². The first-order chi connectivity index (χ1) is 20.6. The van der Waals surface area contributed by atoms with Crippen LogP contribution in [0.3, 0.4) is 0 Å². The highest BCUT2D eigenvalue weighted by molar-refractivity contribution is 5.92. The zero-order valence-corrected chi connectivity index (χ0v) is 23.4. The Kier molecular flexibility index (Phi) is 6.98. The van der Waals surface area contributed by atoms with Crippen LogP contribution in [0.4, 0.5) is 17.3 Å². The average Bonchev–Trinajstić information content (AvgIpc) is 3.34. The van der Waals surface area contributed by atoms with Gasteiger partial charge < -0.3 is 24.2 Å². The molecule has 10 heteroatoms. The van der Waals surface area contributed by atoms with Crippen LogP contribution in [0.5, 0.6) is 0 Å². The molecule has 3 aliphatic rings. The topological polar surface area (TPSA) is 111 Å². The molecule has 214 valence electrons. The summed E-state index contributed by atoms with van der Waals surface area (Å²) in [5, 5.41) is 18.8. The molecule has 3 aliphatic heterocycles. The minimum absolute atomic E-state index is 0.144. The SMILES string of the molecule is N#Cc1ccc2c(c1)CCCN2c1cccc(N2CCN(Cc3nc4ccc(C(=O)O)cc4n3C[C@@H]3CCO3)CC2)n1. The Hall–Kier alpha value is -4.46. The summed E-state index contributed by atoms with van der Waals surface area (Å²) < 4.78 is 7.87. The number of carboxylic acid groups (broad SMARTS) is 1. The van der Waals surface area contributed by atoms with Gasteiger partial charge in [-0.3, -0.25) is 4.90 Å². The van der Waals surface area contributed by atoms with Gasteiger partial charge in [0, 0.05) is 45.0 Å². The van der Waals surface area contributed by atoms with Crippen molar-refractivity contribution < 1.29 is 14.6 Å². The maximum Gasteiger partial charge on any atom is 0.335 e. The van der Waals surface area contributed by atoms with Gasteiger partial charge in [-0.05, 0) is 73.4 Å². The standard InChI is InChI=1S/C32H33N7O3/c33-19-22-6-9-27-23(17-22)3-2-11-38(27)30-5-1-4-29(35-30)37-14-12-36(13-15-37)21-31-34-26-8-7-24(32(40)41)18-28(26)39(31)20-25-10-16-42-25/h1,4-9,17-18,25H,2-3,10-16,20-21H2,(H,40,41)/t25-/m0/s1. The molecule has 2 aromatic carbocycles. The number of nitrogens with zero attached hydrogens (tertiary/aromatic N) is 7. The molecule has 0 unspecified atom stereocenters. The van der Waals surface area contributed by atoms with Crippen molar-refractivity contribution in [2.45, 2.75) is 38.5 Å². The number of piperazine rings is 1. The molecular weight excluding hydrogens is 530 g/mol. The highest BCUT2D eigenvalue weighted by atomic mass is 16.5. The Bertz CT molecular complexity index is 1680. The number of ether oxygens (including phenoxy) is 1. The fourth-order valence-corrected chi connectivity index (χ4v) is 6.24. The number of carboxylic acids is 1. The molecule has 0 saturated carbocycles. The third-order valence-corrected chi connectivity index (χ3v) is 8.64. The Balaban J connectivity index is 1.06. The van der Waals surface area contributed by atoms with E-state index in [0.717, 1.165) is 92.8 Å².